The number of benzene rings is 3. The predicted molar refractivity (Wildman–Crippen MR) is 153 cm³/mol. The Morgan fingerprint density at radius 2 is 1.46 bits per heavy atom. The van der Waals surface area contributed by atoms with Crippen molar-refractivity contribution in [3.8, 4) is 11.5 Å². The van der Waals surface area contributed by atoms with Crippen LogP contribution in [0.25, 0.3) is 0 Å². The van der Waals surface area contributed by atoms with Gasteiger partial charge in [0.25, 0.3) is 0 Å². The summed E-state index contributed by atoms with van der Waals surface area (Å²) in [7, 11) is -6.43. The van der Waals surface area contributed by atoms with E-state index >= 15 is 0 Å². The largest absolute Gasteiger partial charge is 0.454 e. The van der Waals surface area contributed by atoms with Crippen LogP contribution in [0.2, 0.25) is 0 Å². The fraction of sp³-hybridized carbons (Fsp3) is 0.345. The molecule has 0 unspecified atom stereocenters. The van der Waals surface area contributed by atoms with Gasteiger partial charge in [-0.15, -0.1) is 0 Å². The zero-order valence-electron chi connectivity index (χ0n) is 22.7. The Kier molecular flexibility index (Phi) is 8.64. The van der Waals surface area contributed by atoms with Crippen LogP contribution in [0, 0.1) is 0 Å². The average Bonchev–Trinajstić information content (AvgIpc) is 3.45. The molecule has 5 rings (SSSR count). The second-order valence-corrected chi connectivity index (χ2v) is 14.1. The summed E-state index contributed by atoms with van der Waals surface area (Å²) in [6, 6.07) is 18.9. The van der Waals surface area contributed by atoms with Crippen LogP contribution in [-0.4, -0.2) is 57.8 Å². The third-order valence-corrected chi connectivity index (χ3v) is 11.1. The molecule has 1 amide bonds. The summed E-state index contributed by atoms with van der Waals surface area (Å²) in [4.78, 5) is 12.8. The molecule has 3 aromatic rings. The number of rotatable bonds is 10. The van der Waals surface area contributed by atoms with E-state index in [9.17, 15) is 21.6 Å². The van der Waals surface area contributed by atoms with Gasteiger partial charge in [-0.05, 0) is 66.9 Å². The van der Waals surface area contributed by atoms with E-state index in [1.54, 1.807) is 49.5 Å². The molecule has 3 aromatic carbocycles. The first kappa shape index (κ1) is 29.1. The molecule has 1 aliphatic heterocycles. The van der Waals surface area contributed by atoms with Gasteiger partial charge in [0, 0.05) is 25.3 Å². The van der Waals surface area contributed by atoms with Crippen molar-refractivity contribution in [3.05, 3.63) is 78.4 Å². The molecule has 0 saturated heterocycles. The highest BCUT2D eigenvalue weighted by atomic mass is 32.2. The van der Waals surface area contributed by atoms with E-state index in [-0.39, 0.29) is 29.2 Å². The lowest BCUT2D eigenvalue weighted by Gasteiger charge is -2.30. The van der Waals surface area contributed by atoms with Crippen molar-refractivity contribution < 1.29 is 31.1 Å². The molecule has 2 aliphatic rings. The minimum absolute atomic E-state index is 0.0219. The molecular weight excluding hydrogens is 566 g/mol. The summed E-state index contributed by atoms with van der Waals surface area (Å²) in [5.74, 6) is 0.527. The van der Waals surface area contributed by atoms with Crippen LogP contribution in [0.1, 0.15) is 37.7 Å². The summed E-state index contributed by atoms with van der Waals surface area (Å²) in [6.45, 7) is -0.507. The molecule has 0 spiro atoms. The van der Waals surface area contributed by atoms with Gasteiger partial charge in [-0.2, -0.15) is 8.61 Å². The quantitative estimate of drug-likeness (QED) is 0.371. The molecule has 0 aromatic heterocycles. The number of sulfonamides is 2. The first-order valence-corrected chi connectivity index (χ1v) is 16.3. The van der Waals surface area contributed by atoms with Gasteiger partial charge in [-0.1, -0.05) is 43.5 Å². The summed E-state index contributed by atoms with van der Waals surface area (Å²) in [5.41, 5.74) is 1.13. The Bertz CT molecular complexity index is 1590. The number of anilines is 1. The highest BCUT2D eigenvalue weighted by Gasteiger charge is 2.31. The van der Waals surface area contributed by atoms with Gasteiger partial charge in [0.15, 0.2) is 11.5 Å². The number of carbonyl (C=O) groups is 1. The number of amides is 1. The number of ether oxygens (including phenoxy) is 2. The molecular formula is C29H33N3O7S2. The SMILES string of the molecule is CN(C1CCCCC1)S(=O)(=O)c1ccc(S(=O)(=O)N(CC(=O)Nc2ccccc2)Cc2ccc3c(c2)OCO3)cc1. The lowest BCUT2D eigenvalue weighted by atomic mass is 9.96. The van der Waals surface area contributed by atoms with Crippen molar-refractivity contribution >= 4 is 31.6 Å². The maximum absolute atomic E-state index is 13.8. The van der Waals surface area contributed by atoms with E-state index in [0.29, 0.717) is 22.7 Å². The molecule has 0 radical (unpaired) electrons. The Morgan fingerprint density at radius 1 is 0.829 bits per heavy atom. The zero-order chi connectivity index (χ0) is 29.0. The van der Waals surface area contributed by atoms with Crippen LogP contribution < -0.4 is 14.8 Å². The minimum atomic E-state index is -4.21. The predicted octanol–water partition coefficient (Wildman–Crippen LogP) is 4.20. The highest BCUT2D eigenvalue weighted by Crippen LogP contribution is 2.33. The Balaban J connectivity index is 1.40. The number of para-hydroxylation sites is 1. The maximum Gasteiger partial charge on any atom is 0.243 e. The summed E-state index contributed by atoms with van der Waals surface area (Å²) in [5, 5.41) is 2.72. The van der Waals surface area contributed by atoms with Crippen molar-refractivity contribution in [3.63, 3.8) is 0 Å². The van der Waals surface area contributed by atoms with Crippen LogP contribution in [0.5, 0.6) is 11.5 Å². The first-order chi connectivity index (χ1) is 19.6. The van der Waals surface area contributed by atoms with E-state index in [2.05, 4.69) is 5.32 Å². The third-order valence-electron chi connectivity index (χ3n) is 7.40. The molecule has 10 nitrogen and oxygen atoms in total. The van der Waals surface area contributed by atoms with Gasteiger partial charge in [0.2, 0.25) is 32.7 Å². The fourth-order valence-electron chi connectivity index (χ4n) is 5.09. The number of nitrogens with zero attached hydrogens (tertiary/aromatic N) is 2. The standard InChI is InChI=1S/C29H33N3O7S2/c1-31(24-10-6-3-7-11-24)40(34,35)25-13-15-26(16-14-25)41(36,37)32(20-29(33)30-23-8-4-2-5-9-23)19-22-12-17-27-28(18-22)39-21-38-27/h2,4-5,8-9,12-18,24H,3,6-7,10-11,19-21H2,1H3,(H,30,33). The lowest BCUT2D eigenvalue weighted by Crippen LogP contribution is -2.38. The summed E-state index contributed by atoms with van der Waals surface area (Å²) >= 11 is 0. The van der Waals surface area contributed by atoms with Crippen LogP contribution in [0.4, 0.5) is 5.69 Å². The Hall–Kier alpha value is -3.45. The summed E-state index contributed by atoms with van der Waals surface area (Å²) in [6.07, 6.45) is 4.69. The van der Waals surface area contributed by atoms with E-state index in [0.717, 1.165) is 36.4 Å². The molecule has 1 heterocycles. The molecule has 218 valence electrons. The molecule has 0 bridgehead atoms. The average molecular weight is 600 g/mol. The van der Waals surface area contributed by atoms with Crippen molar-refractivity contribution in [2.45, 2.75) is 54.5 Å². The summed E-state index contributed by atoms with van der Waals surface area (Å²) < 4.78 is 67.4. The Labute approximate surface area is 241 Å². The minimum Gasteiger partial charge on any atom is -0.454 e. The monoisotopic (exact) mass is 599 g/mol. The van der Waals surface area contributed by atoms with E-state index < -0.39 is 32.5 Å². The molecule has 1 saturated carbocycles. The van der Waals surface area contributed by atoms with Crippen molar-refractivity contribution in [2.24, 2.45) is 0 Å². The number of hydrogen-bond acceptors (Lipinski definition) is 7. The molecule has 0 atom stereocenters. The molecule has 41 heavy (non-hydrogen) atoms. The van der Waals surface area contributed by atoms with Gasteiger partial charge in [-0.3, -0.25) is 4.79 Å². The Morgan fingerprint density at radius 3 is 2.15 bits per heavy atom. The van der Waals surface area contributed by atoms with Crippen LogP contribution in [0.3, 0.4) is 0 Å². The van der Waals surface area contributed by atoms with E-state index in [4.69, 9.17) is 9.47 Å². The molecule has 1 aliphatic carbocycles. The lowest BCUT2D eigenvalue weighted by molar-refractivity contribution is -0.116. The fourth-order valence-corrected chi connectivity index (χ4v) is 7.89. The van der Waals surface area contributed by atoms with Gasteiger partial charge < -0.3 is 14.8 Å². The number of nitrogens with one attached hydrogen (secondary N) is 1. The first-order valence-electron chi connectivity index (χ1n) is 13.5. The zero-order valence-corrected chi connectivity index (χ0v) is 24.4. The van der Waals surface area contributed by atoms with E-state index in [1.165, 1.54) is 28.6 Å². The number of carbonyl (C=O) groups excluding carboxylic acids is 1. The second kappa shape index (κ2) is 12.2. The maximum atomic E-state index is 13.8. The van der Waals surface area contributed by atoms with Crippen molar-refractivity contribution in [1.82, 2.24) is 8.61 Å². The third kappa shape index (κ3) is 6.56. The topological polar surface area (TPSA) is 122 Å². The van der Waals surface area contributed by atoms with E-state index in [1.807, 2.05) is 6.07 Å². The second-order valence-electron chi connectivity index (χ2n) is 10.2. The molecule has 1 N–H and O–H groups in total. The number of fused-ring (bicyclic) bond motifs is 1. The molecule has 1 fully saturated rings. The number of hydrogen-bond donors (Lipinski definition) is 1. The van der Waals surface area contributed by atoms with Crippen molar-refractivity contribution in [1.29, 1.82) is 0 Å². The van der Waals surface area contributed by atoms with Crippen LogP contribution in [0.15, 0.2) is 82.6 Å². The van der Waals surface area contributed by atoms with Gasteiger partial charge in [0.05, 0.1) is 16.3 Å². The van der Waals surface area contributed by atoms with Gasteiger partial charge >= 0.3 is 0 Å². The molecule has 12 heteroatoms. The van der Waals surface area contributed by atoms with Crippen molar-refractivity contribution in [2.75, 3.05) is 25.7 Å². The van der Waals surface area contributed by atoms with Gasteiger partial charge in [0.1, 0.15) is 0 Å². The smallest absolute Gasteiger partial charge is 0.243 e. The van der Waals surface area contributed by atoms with Crippen LogP contribution in [-0.2, 0) is 31.4 Å². The normalized spacial score (nSPS) is 15.8. The van der Waals surface area contributed by atoms with Gasteiger partial charge in [-0.25, -0.2) is 16.8 Å². The highest BCUT2D eigenvalue weighted by molar-refractivity contribution is 7.89. The van der Waals surface area contributed by atoms with Crippen LogP contribution >= 0.6 is 0 Å².